The molecule has 1 aromatic heterocycles. The van der Waals surface area contributed by atoms with Crippen molar-refractivity contribution in [3.63, 3.8) is 0 Å². The fourth-order valence-corrected chi connectivity index (χ4v) is 5.85. The van der Waals surface area contributed by atoms with Crippen LogP contribution in [0.15, 0.2) is 69.4 Å². The van der Waals surface area contributed by atoms with Crippen molar-refractivity contribution in [1.29, 1.82) is 0 Å². The van der Waals surface area contributed by atoms with Gasteiger partial charge in [0.1, 0.15) is 11.6 Å². The highest BCUT2D eigenvalue weighted by atomic mass is 32.2. The van der Waals surface area contributed by atoms with Crippen LogP contribution in [0.3, 0.4) is 0 Å². The van der Waals surface area contributed by atoms with Gasteiger partial charge in [-0.3, -0.25) is 9.36 Å². The van der Waals surface area contributed by atoms with E-state index >= 15 is 0 Å². The Hall–Kier alpha value is -3.78. The van der Waals surface area contributed by atoms with Crippen LogP contribution in [0.25, 0.3) is 10.9 Å². The molecule has 0 aliphatic carbocycles. The SMILES string of the molecule is COC(=O)c1ccc2c(=O)n(CCc3ccc(S(N)(=O)=O)cc3)c(SCc3cc(F)cc4c3OCOC4)nc2c1. The summed E-state index contributed by atoms with van der Waals surface area (Å²) in [5.41, 5.74) is 2.20. The average molecular weight is 586 g/mol. The standard InChI is InChI=1S/C27H24FN3O7S2/c1-36-26(33)17-4-7-22-23(12-17)30-27(39-14-19-11-20(28)10-18-13-37-15-38-24(18)19)31(25(22)32)9-8-16-2-5-21(6-3-16)40(29,34)35/h2-7,10-12H,8-9,13-15H2,1H3,(H2,29,34,35). The minimum Gasteiger partial charge on any atom is -0.467 e. The molecule has 40 heavy (non-hydrogen) atoms. The number of sulfonamides is 1. The molecule has 4 aromatic rings. The van der Waals surface area contributed by atoms with Crippen LogP contribution < -0.4 is 15.4 Å². The van der Waals surface area contributed by atoms with Crippen molar-refractivity contribution in [3.05, 3.63) is 93.0 Å². The molecule has 0 bridgehead atoms. The summed E-state index contributed by atoms with van der Waals surface area (Å²) in [5.74, 6) is -0.204. The van der Waals surface area contributed by atoms with E-state index in [1.165, 1.54) is 65.9 Å². The van der Waals surface area contributed by atoms with Gasteiger partial charge in [-0.1, -0.05) is 23.9 Å². The van der Waals surface area contributed by atoms with E-state index in [0.29, 0.717) is 39.4 Å². The van der Waals surface area contributed by atoms with Crippen LogP contribution in [0.5, 0.6) is 5.75 Å². The van der Waals surface area contributed by atoms with Gasteiger partial charge in [0.15, 0.2) is 11.9 Å². The number of rotatable bonds is 8. The van der Waals surface area contributed by atoms with Gasteiger partial charge >= 0.3 is 5.97 Å². The van der Waals surface area contributed by atoms with Gasteiger partial charge < -0.3 is 14.2 Å². The first-order chi connectivity index (χ1) is 19.1. The number of ether oxygens (including phenoxy) is 3. The van der Waals surface area contributed by atoms with Crippen LogP contribution >= 0.6 is 11.8 Å². The molecule has 1 aliphatic rings. The van der Waals surface area contributed by atoms with Crippen LogP contribution in [-0.2, 0) is 44.8 Å². The monoisotopic (exact) mass is 585 g/mol. The maximum Gasteiger partial charge on any atom is 0.337 e. The number of nitrogens with zero attached hydrogens (tertiary/aromatic N) is 2. The quantitative estimate of drug-likeness (QED) is 0.187. The summed E-state index contributed by atoms with van der Waals surface area (Å²) >= 11 is 1.22. The zero-order chi connectivity index (χ0) is 28.4. The Bertz CT molecular complexity index is 1770. The highest BCUT2D eigenvalue weighted by molar-refractivity contribution is 7.98. The van der Waals surface area contributed by atoms with Crippen molar-refractivity contribution < 1.29 is 31.8 Å². The summed E-state index contributed by atoms with van der Waals surface area (Å²) in [7, 11) is -2.56. The van der Waals surface area contributed by atoms with Gasteiger partial charge in [0.05, 0.1) is 35.1 Å². The molecule has 0 atom stereocenters. The number of carbonyl (C=O) groups is 1. The number of thioether (sulfide) groups is 1. The molecule has 0 saturated carbocycles. The van der Waals surface area contributed by atoms with E-state index < -0.39 is 21.8 Å². The van der Waals surface area contributed by atoms with Gasteiger partial charge in [-0.05, 0) is 54.4 Å². The molecule has 13 heteroatoms. The Kier molecular flexibility index (Phi) is 7.90. The summed E-state index contributed by atoms with van der Waals surface area (Å²) in [6.07, 6.45) is 0.390. The third kappa shape index (κ3) is 5.87. The van der Waals surface area contributed by atoms with Crippen molar-refractivity contribution in [3.8, 4) is 5.75 Å². The second-order valence-electron chi connectivity index (χ2n) is 8.97. The lowest BCUT2D eigenvalue weighted by atomic mass is 10.1. The number of benzene rings is 3. The molecular formula is C27H24FN3O7S2. The van der Waals surface area contributed by atoms with Gasteiger partial charge in [0.2, 0.25) is 10.0 Å². The van der Waals surface area contributed by atoms with Gasteiger partial charge in [0.25, 0.3) is 5.56 Å². The van der Waals surface area contributed by atoms with Gasteiger partial charge in [-0.25, -0.2) is 27.7 Å². The molecule has 0 radical (unpaired) electrons. The van der Waals surface area contributed by atoms with Gasteiger partial charge in [-0.2, -0.15) is 0 Å². The van der Waals surface area contributed by atoms with Gasteiger partial charge in [0, 0.05) is 23.4 Å². The predicted molar refractivity (Wildman–Crippen MR) is 145 cm³/mol. The zero-order valence-corrected chi connectivity index (χ0v) is 22.9. The highest BCUT2D eigenvalue weighted by Crippen LogP contribution is 2.34. The third-order valence-corrected chi connectivity index (χ3v) is 8.28. The van der Waals surface area contributed by atoms with Crippen LogP contribution in [0.4, 0.5) is 4.39 Å². The molecule has 0 unspecified atom stereocenters. The predicted octanol–water partition coefficient (Wildman–Crippen LogP) is 3.37. The molecule has 0 spiro atoms. The van der Waals surface area contributed by atoms with Crippen LogP contribution in [0.2, 0.25) is 0 Å². The Labute approximate surface area is 232 Å². The fourth-order valence-electron chi connectivity index (χ4n) is 4.35. The van der Waals surface area contributed by atoms with Crippen molar-refractivity contribution in [2.75, 3.05) is 13.9 Å². The summed E-state index contributed by atoms with van der Waals surface area (Å²) in [6.45, 7) is 0.503. The van der Waals surface area contributed by atoms with E-state index in [1.807, 2.05) is 0 Å². The number of aromatic nitrogens is 2. The lowest BCUT2D eigenvalue weighted by molar-refractivity contribution is -0.0171. The Morgan fingerprint density at radius 1 is 1.18 bits per heavy atom. The summed E-state index contributed by atoms with van der Waals surface area (Å²) in [4.78, 5) is 30.4. The minimum absolute atomic E-state index is 0.00973. The normalized spacial score (nSPS) is 13.1. The lowest BCUT2D eigenvalue weighted by Crippen LogP contribution is -2.24. The van der Waals surface area contributed by atoms with E-state index in [9.17, 15) is 22.4 Å². The van der Waals surface area contributed by atoms with E-state index in [0.717, 1.165) is 5.56 Å². The second-order valence-corrected chi connectivity index (χ2v) is 11.5. The fraction of sp³-hybridized carbons (Fsp3) is 0.222. The van der Waals surface area contributed by atoms with E-state index in [4.69, 9.17) is 19.3 Å². The lowest BCUT2D eigenvalue weighted by Gasteiger charge is -2.21. The van der Waals surface area contributed by atoms with Crippen LogP contribution in [-0.4, -0.2) is 37.8 Å². The first kappa shape index (κ1) is 27.8. The number of primary sulfonamides is 1. The smallest absolute Gasteiger partial charge is 0.337 e. The number of aryl methyl sites for hydroxylation is 1. The minimum atomic E-state index is -3.83. The second kappa shape index (κ2) is 11.4. The van der Waals surface area contributed by atoms with Crippen molar-refractivity contribution >= 4 is 38.7 Å². The van der Waals surface area contributed by atoms with E-state index in [-0.39, 0.29) is 41.7 Å². The van der Waals surface area contributed by atoms with Crippen molar-refractivity contribution in [1.82, 2.24) is 9.55 Å². The number of nitrogens with two attached hydrogens (primary N) is 1. The summed E-state index contributed by atoms with van der Waals surface area (Å²) < 4.78 is 54.7. The maximum absolute atomic E-state index is 14.3. The molecule has 0 fully saturated rings. The molecule has 3 aromatic carbocycles. The molecule has 5 rings (SSSR count). The average Bonchev–Trinajstić information content (AvgIpc) is 2.94. The molecule has 10 nitrogen and oxygen atoms in total. The molecule has 208 valence electrons. The number of hydrogen-bond donors (Lipinski definition) is 1. The first-order valence-corrected chi connectivity index (χ1v) is 14.6. The van der Waals surface area contributed by atoms with Crippen molar-refractivity contribution in [2.24, 2.45) is 5.14 Å². The Morgan fingerprint density at radius 2 is 1.95 bits per heavy atom. The molecule has 0 saturated heterocycles. The van der Waals surface area contributed by atoms with E-state index in [2.05, 4.69) is 4.98 Å². The van der Waals surface area contributed by atoms with Gasteiger partial charge in [-0.15, -0.1) is 0 Å². The number of methoxy groups -OCH3 is 1. The maximum atomic E-state index is 14.3. The first-order valence-electron chi connectivity index (χ1n) is 12.0. The number of fused-ring (bicyclic) bond motifs is 2. The van der Waals surface area contributed by atoms with E-state index in [1.54, 1.807) is 12.1 Å². The highest BCUT2D eigenvalue weighted by Gasteiger charge is 2.20. The molecule has 0 amide bonds. The Morgan fingerprint density at radius 3 is 2.67 bits per heavy atom. The topological polar surface area (TPSA) is 140 Å². The number of esters is 1. The molecule has 2 N–H and O–H groups in total. The number of hydrogen-bond acceptors (Lipinski definition) is 9. The number of halogens is 1. The summed E-state index contributed by atoms with van der Waals surface area (Å²) in [5, 5.41) is 5.85. The molecule has 1 aliphatic heterocycles. The van der Waals surface area contributed by atoms with Crippen molar-refractivity contribution in [2.45, 2.75) is 35.4 Å². The van der Waals surface area contributed by atoms with Crippen LogP contribution in [0.1, 0.15) is 27.0 Å². The van der Waals surface area contributed by atoms with Crippen LogP contribution in [0, 0.1) is 5.82 Å². The Balaban J connectivity index is 1.51. The molecule has 2 heterocycles. The molecular weight excluding hydrogens is 561 g/mol. The summed E-state index contributed by atoms with van der Waals surface area (Å²) in [6, 6.07) is 13.3. The largest absolute Gasteiger partial charge is 0.467 e. The zero-order valence-electron chi connectivity index (χ0n) is 21.3. The number of carbonyl (C=O) groups excluding carboxylic acids is 1. The third-order valence-electron chi connectivity index (χ3n) is 6.33.